The van der Waals surface area contributed by atoms with Gasteiger partial charge in [-0.25, -0.2) is 0 Å². The first-order valence-corrected chi connectivity index (χ1v) is 14.0. The molecule has 2 saturated heterocycles. The number of benzene rings is 1. The summed E-state index contributed by atoms with van der Waals surface area (Å²) in [6.45, 7) is 15.1. The van der Waals surface area contributed by atoms with E-state index in [0.29, 0.717) is 18.1 Å². The molecule has 0 spiro atoms. The number of hydrogen-bond acceptors (Lipinski definition) is 3. The van der Waals surface area contributed by atoms with Gasteiger partial charge in [0, 0.05) is 50.4 Å². The standard InChI is InChI=1S/C31H45N3O/c1-5-20-32-21-19-28-13-10-14-29(23-32)34(28)30(27-12-9-11-24(6-2)22-27)25-15-17-26(18-16-25)31(35)33(7-3)8-4/h5,11,15-18,22,28-30H,1,6-10,12-14,19-21,23H2,2-4H3. The molecule has 190 valence electrons. The van der Waals surface area contributed by atoms with Crippen LogP contribution in [0, 0.1) is 0 Å². The molecule has 4 rings (SSSR count). The van der Waals surface area contributed by atoms with Crippen LogP contribution in [0.4, 0.5) is 0 Å². The molecular formula is C31H45N3O. The maximum absolute atomic E-state index is 13.0. The quantitative estimate of drug-likeness (QED) is 0.388. The van der Waals surface area contributed by atoms with E-state index in [1.54, 1.807) is 5.57 Å². The largest absolute Gasteiger partial charge is 0.339 e. The van der Waals surface area contributed by atoms with E-state index in [2.05, 4.69) is 65.8 Å². The van der Waals surface area contributed by atoms with Gasteiger partial charge in [-0.05, 0) is 75.6 Å². The fourth-order valence-electron chi connectivity index (χ4n) is 6.49. The minimum Gasteiger partial charge on any atom is -0.339 e. The highest BCUT2D eigenvalue weighted by Crippen LogP contribution is 2.42. The van der Waals surface area contributed by atoms with Gasteiger partial charge in [0.15, 0.2) is 0 Å². The summed E-state index contributed by atoms with van der Waals surface area (Å²) in [5.74, 6) is 0.137. The average Bonchev–Trinajstić information content (AvgIpc) is 2.98. The molecule has 0 N–H and O–H groups in total. The Hall–Kier alpha value is -2.17. The summed E-state index contributed by atoms with van der Waals surface area (Å²) in [5.41, 5.74) is 5.18. The molecule has 35 heavy (non-hydrogen) atoms. The Balaban J connectivity index is 1.71. The Kier molecular flexibility index (Phi) is 9.02. The zero-order valence-electron chi connectivity index (χ0n) is 22.2. The number of carbonyl (C=O) groups is 1. The highest BCUT2D eigenvalue weighted by atomic mass is 16.2. The minimum absolute atomic E-state index is 0.137. The van der Waals surface area contributed by atoms with E-state index in [1.165, 1.54) is 36.8 Å². The van der Waals surface area contributed by atoms with Crippen LogP contribution in [0.15, 0.2) is 60.2 Å². The normalized spacial score (nSPS) is 24.2. The lowest BCUT2D eigenvalue weighted by atomic mass is 9.83. The molecule has 2 bridgehead atoms. The molecular weight excluding hydrogens is 430 g/mol. The topological polar surface area (TPSA) is 26.8 Å². The van der Waals surface area contributed by atoms with Gasteiger partial charge in [0.2, 0.25) is 0 Å². The van der Waals surface area contributed by atoms with E-state index >= 15 is 0 Å². The smallest absolute Gasteiger partial charge is 0.253 e. The molecule has 3 aliphatic rings. The predicted octanol–water partition coefficient (Wildman–Crippen LogP) is 6.38. The molecule has 0 saturated carbocycles. The lowest BCUT2D eigenvalue weighted by Gasteiger charge is -2.47. The van der Waals surface area contributed by atoms with Gasteiger partial charge >= 0.3 is 0 Å². The van der Waals surface area contributed by atoms with E-state index in [4.69, 9.17) is 0 Å². The third-order valence-electron chi connectivity index (χ3n) is 8.34. The zero-order valence-corrected chi connectivity index (χ0v) is 22.2. The highest BCUT2D eigenvalue weighted by Gasteiger charge is 2.40. The molecule has 4 nitrogen and oxygen atoms in total. The van der Waals surface area contributed by atoms with Gasteiger partial charge in [-0.2, -0.15) is 0 Å². The molecule has 0 aromatic heterocycles. The summed E-state index contributed by atoms with van der Waals surface area (Å²) < 4.78 is 0. The number of nitrogens with zero attached hydrogens (tertiary/aromatic N) is 3. The van der Waals surface area contributed by atoms with Crippen molar-refractivity contribution in [3.05, 3.63) is 71.3 Å². The van der Waals surface area contributed by atoms with E-state index in [-0.39, 0.29) is 5.91 Å². The summed E-state index contributed by atoms with van der Waals surface area (Å²) in [6, 6.07) is 10.1. The third-order valence-corrected chi connectivity index (χ3v) is 8.34. The second-order valence-corrected chi connectivity index (χ2v) is 10.4. The second-order valence-electron chi connectivity index (χ2n) is 10.4. The van der Waals surface area contributed by atoms with Crippen molar-refractivity contribution in [3.8, 4) is 0 Å². The number of hydrogen-bond donors (Lipinski definition) is 0. The highest BCUT2D eigenvalue weighted by molar-refractivity contribution is 5.94. The van der Waals surface area contributed by atoms with Crippen molar-refractivity contribution >= 4 is 5.91 Å². The number of piperidine rings is 1. The molecule has 0 radical (unpaired) electrons. The molecule has 2 heterocycles. The third kappa shape index (κ3) is 5.81. The number of allylic oxidation sites excluding steroid dienone is 3. The van der Waals surface area contributed by atoms with Crippen LogP contribution in [0.3, 0.4) is 0 Å². The van der Waals surface area contributed by atoms with Gasteiger partial charge in [0.1, 0.15) is 0 Å². The Morgan fingerprint density at radius 3 is 2.54 bits per heavy atom. The van der Waals surface area contributed by atoms with Crippen LogP contribution in [-0.4, -0.2) is 65.4 Å². The van der Waals surface area contributed by atoms with E-state index in [9.17, 15) is 4.79 Å². The van der Waals surface area contributed by atoms with Crippen molar-refractivity contribution in [2.75, 3.05) is 32.7 Å². The Bertz CT molecular complexity index is 927. The Morgan fingerprint density at radius 2 is 1.86 bits per heavy atom. The van der Waals surface area contributed by atoms with Crippen LogP contribution >= 0.6 is 0 Å². The number of amides is 1. The fourth-order valence-corrected chi connectivity index (χ4v) is 6.49. The first kappa shape index (κ1) is 25.9. The number of carbonyl (C=O) groups excluding carboxylic acids is 1. The maximum atomic E-state index is 13.0. The van der Waals surface area contributed by atoms with Gasteiger partial charge < -0.3 is 4.90 Å². The van der Waals surface area contributed by atoms with Crippen LogP contribution in [0.5, 0.6) is 0 Å². The van der Waals surface area contributed by atoms with Crippen LogP contribution in [-0.2, 0) is 0 Å². The molecule has 1 aliphatic carbocycles. The lowest BCUT2D eigenvalue weighted by molar-refractivity contribution is 0.0533. The number of fused-ring (bicyclic) bond motifs is 2. The molecule has 1 aromatic rings. The molecule has 2 fully saturated rings. The van der Waals surface area contributed by atoms with Crippen LogP contribution in [0.25, 0.3) is 0 Å². The Labute approximate surface area is 213 Å². The van der Waals surface area contributed by atoms with E-state index in [0.717, 1.165) is 57.5 Å². The van der Waals surface area contributed by atoms with Crippen LogP contribution in [0.1, 0.15) is 87.7 Å². The Morgan fingerprint density at radius 1 is 1.11 bits per heavy atom. The van der Waals surface area contributed by atoms with Gasteiger partial charge in [-0.3, -0.25) is 14.6 Å². The second kappa shape index (κ2) is 12.2. The molecule has 3 unspecified atom stereocenters. The first-order valence-electron chi connectivity index (χ1n) is 14.0. The predicted molar refractivity (Wildman–Crippen MR) is 147 cm³/mol. The molecule has 1 aromatic carbocycles. The van der Waals surface area contributed by atoms with Crippen LogP contribution in [0.2, 0.25) is 0 Å². The van der Waals surface area contributed by atoms with Gasteiger partial charge in [0.25, 0.3) is 5.91 Å². The average molecular weight is 476 g/mol. The van der Waals surface area contributed by atoms with Gasteiger partial charge in [-0.1, -0.05) is 49.3 Å². The summed E-state index contributed by atoms with van der Waals surface area (Å²) in [7, 11) is 0. The molecule has 4 heteroatoms. The minimum atomic E-state index is 0.137. The van der Waals surface area contributed by atoms with Crippen molar-refractivity contribution < 1.29 is 4.79 Å². The van der Waals surface area contributed by atoms with E-state index < -0.39 is 0 Å². The van der Waals surface area contributed by atoms with Crippen molar-refractivity contribution in [2.24, 2.45) is 0 Å². The monoisotopic (exact) mass is 475 g/mol. The van der Waals surface area contributed by atoms with E-state index in [1.807, 2.05) is 18.7 Å². The fraction of sp³-hybridized carbons (Fsp3) is 0.581. The molecule has 2 aliphatic heterocycles. The molecule has 1 amide bonds. The van der Waals surface area contributed by atoms with Gasteiger partial charge in [-0.15, -0.1) is 6.58 Å². The summed E-state index contributed by atoms with van der Waals surface area (Å²) in [5, 5.41) is 0. The summed E-state index contributed by atoms with van der Waals surface area (Å²) in [6.07, 6.45) is 15.4. The van der Waals surface area contributed by atoms with Crippen molar-refractivity contribution in [2.45, 2.75) is 83.8 Å². The first-order chi connectivity index (χ1) is 17.1. The maximum Gasteiger partial charge on any atom is 0.253 e. The lowest BCUT2D eigenvalue weighted by Crippen LogP contribution is -2.50. The summed E-state index contributed by atoms with van der Waals surface area (Å²) in [4.78, 5) is 20.4. The van der Waals surface area contributed by atoms with Crippen molar-refractivity contribution in [3.63, 3.8) is 0 Å². The molecule has 3 atom stereocenters. The van der Waals surface area contributed by atoms with Crippen molar-refractivity contribution in [1.29, 1.82) is 0 Å². The SMILES string of the molecule is C=CCN1CCC2CCCC(C1)N2C(C1=CC(CC)=CCC1)c1ccc(C(=O)N(CC)CC)cc1. The van der Waals surface area contributed by atoms with Crippen molar-refractivity contribution in [1.82, 2.24) is 14.7 Å². The zero-order chi connectivity index (χ0) is 24.8. The van der Waals surface area contributed by atoms with Gasteiger partial charge in [0.05, 0.1) is 6.04 Å². The van der Waals surface area contributed by atoms with Crippen LogP contribution < -0.4 is 0 Å². The number of rotatable bonds is 9. The summed E-state index contributed by atoms with van der Waals surface area (Å²) >= 11 is 0.